The topological polar surface area (TPSA) is 58.4 Å². The quantitative estimate of drug-likeness (QED) is 0.722. The van der Waals surface area contributed by atoms with Crippen LogP contribution in [0.4, 0.5) is 0 Å². The van der Waals surface area contributed by atoms with Gasteiger partial charge in [-0.1, -0.05) is 6.58 Å². The summed E-state index contributed by atoms with van der Waals surface area (Å²) in [6.45, 7) is 14.0. The highest BCUT2D eigenvalue weighted by Gasteiger charge is 2.24. The average Bonchev–Trinajstić information content (AvgIpc) is 2.26. The van der Waals surface area contributed by atoms with Crippen molar-refractivity contribution in [1.29, 1.82) is 0 Å². The van der Waals surface area contributed by atoms with Crippen LogP contribution in [0, 0.1) is 5.92 Å². The molecule has 0 aromatic rings. The highest BCUT2D eigenvalue weighted by molar-refractivity contribution is 5.76. The predicted molar refractivity (Wildman–Crippen MR) is 75.3 cm³/mol. The number of piperidine rings is 1. The Labute approximate surface area is 111 Å². The molecule has 1 unspecified atom stereocenters. The first-order valence-electron chi connectivity index (χ1n) is 6.71. The lowest BCUT2D eigenvalue weighted by Gasteiger charge is -2.32. The SMILES string of the molecule is C=C(CNC(C)(C)C)CN1CCCC(C(N)=O)C1. The van der Waals surface area contributed by atoms with E-state index in [0.717, 1.165) is 44.6 Å². The number of nitrogens with one attached hydrogen (secondary N) is 1. The standard InChI is InChI=1S/C14H27N3O/c1-11(8-16-14(2,3)4)9-17-7-5-6-12(10-17)13(15)18/h12,16H,1,5-10H2,2-4H3,(H2,15,18). The molecule has 0 radical (unpaired) electrons. The molecule has 0 aromatic carbocycles. The molecule has 1 saturated heterocycles. The Balaban J connectivity index is 2.33. The van der Waals surface area contributed by atoms with Crippen molar-refractivity contribution in [2.75, 3.05) is 26.2 Å². The van der Waals surface area contributed by atoms with Gasteiger partial charge in [-0.05, 0) is 45.7 Å². The zero-order valence-electron chi connectivity index (χ0n) is 12.0. The molecule has 4 heteroatoms. The molecule has 4 nitrogen and oxygen atoms in total. The van der Waals surface area contributed by atoms with Crippen LogP contribution in [0.5, 0.6) is 0 Å². The molecular weight excluding hydrogens is 226 g/mol. The Bertz CT molecular complexity index is 307. The van der Waals surface area contributed by atoms with E-state index in [4.69, 9.17) is 5.73 Å². The zero-order chi connectivity index (χ0) is 13.8. The summed E-state index contributed by atoms with van der Waals surface area (Å²) in [5, 5.41) is 3.43. The molecule has 0 bridgehead atoms. The van der Waals surface area contributed by atoms with E-state index in [0.29, 0.717) is 0 Å². The summed E-state index contributed by atoms with van der Waals surface area (Å²) in [4.78, 5) is 13.5. The van der Waals surface area contributed by atoms with Crippen molar-refractivity contribution in [2.45, 2.75) is 39.2 Å². The van der Waals surface area contributed by atoms with E-state index in [1.165, 1.54) is 0 Å². The number of likely N-dealkylation sites (tertiary alicyclic amines) is 1. The van der Waals surface area contributed by atoms with Crippen LogP contribution in [0.2, 0.25) is 0 Å². The molecule has 104 valence electrons. The maximum Gasteiger partial charge on any atom is 0.221 e. The molecule has 1 heterocycles. The minimum absolute atomic E-state index is 0.0159. The van der Waals surface area contributed by atoms with E-state index < -0.39 is 0 Å². The number of nitrogens with zero attached hydrogens (tertiary/aromatic N) is 1. The van der Waals surface area contributed by atoms with Crippen molar-refractivity contribution < 1.29 is 4.79 Å². The third-order valence-corrected chi connectivity index (χ3v) is 3.22. The molecule has 1 rings (SSSR count). The molecule has 18 heavy (non-hydrogen) atoms. The first-order valence-corrected chi connectivity index (χ1v) is 6.71. The van der Waals surface area contributed by atoms with Crippen molar-refractivity contribution in [3.8, 4) is 0 Å². The number of carbonyl (C=O) groups is 1. The lowest BCUT2D eigenvalue weighted by Crippen LogP contribution is -2.43. The number of hydrogen-bond acceptors (Lipinski definition) is 3. The predicted octanol–water partition coefficient (Wildman–Crippen LogP) is 1.13. The monoisotopic (exact) mass is 253 g/mol. The molecular formula is C14H27N3O. The largest absolute Gasteiger partial charge is 0.369 e. The molecule has 0 spiro atoms. The first-order chi connectivity index (χ1) is 8.28. The van der Waals surface area contributed by atoms with E-state index in [1.807, 2.05) is 0 Å². The highest BCUT2D eigenvalue weighted by atomic mass is 16.1. The van der Waals surface area contributed by atoms with Gasteiger partial charge in [0.05, 0.1) is 5.92 Å². The van der Waals surface area contributed by atoms with E-state index in [2.05, 4.69) is 37.6 Å². The third-order valence-electron chi connectivity index (χ3n) is 3.22. The van der Waals surface area contributed by atoms with Crippen LogP contribution in [0.15, 0.2) is 12.2 Å². The molecule has 1 aliphatic heterocycles. The second-order valence-corrected chi connectivity index (χ2v) is 6.33. The molecule has 1 atom stereocenters. The smallest absolute Gasteiger partial charge is 0.221 e. The maximum absolute atomic E-state index is 11.2. The number of amides is 1. The summed E-state index contributed by atoms with van der Waals surface area (Å²) in [6.07, 6.45) is 1.98. The van der Waals surface area contributed by atoms with Crippen LogP contribution in [-0.2, 0) is 4.79 Å². The van der Waals surface area contributed by atoms with E-state index in [-0.39, 0.29) is 17.4 Å². The molecule has 1 fully saturated rings. The van der Waals surface area contributed by atoms with Crippen molar-refractivity contribution >= 4 is 5.91 Å². The fraction of sp³-hybridized carbons (Fsp3) is 0.786. The van der Waals surface area contributed by atoms with Gasteiger partial charge in [0.2, 0.25) is 5.91 Å². The minimum Gasteiger partial charge on any atom is -0.369 e. The lowest BCUT2D eigenvalue weighted by molar-refractivity contribution is -0.123. The second-order valence-electron chi connectivity index (χ2n) is 6.33. The van der Waals surface area contributed by atoms with E-state index in [9.17, 15) is 4.79 Å². The average molecular weight is 253 g/mol. The number of rotatable bonds is 5. The molecule has 1 aliphatic rings. The Morgan fingerprint density at radius 3 is 2.72 bits per heavy atom. The van der Waals surface area contributed by atoms with Crippen molar-refractivity contribution in [1.82, 2.24) is 10.2 Å². The van der Waals surface area contributed by atoms with Gasteiger partial charge < -0.3 is 11.1 Å². The summed E-state index contributed by atoms with van der Waals surface area (Å²) >= 11 is 0. The van der Waals surface area contributed by atoms with Crippen LogP contribution in [-0.4, -0.2) is 42.5 Å². The van der Waals surface area contributed by atoms with Crippen molar-refractivity contribution in [2.24, 2.45) is 11.7 Å². The molecule has 0 saturated carbocycles. The van der Waals surface area contributed by atoms with Crippen LogP contribution in [0.3, 0.4) is 0 Å². The van der Waals surface area contributed by atoms with Crippen LogP contribution >= 0.6 is 0 Å². The number of carbonyl (C=O) groups excluding carboxylic acids is 1. The van der Waals surface area contributed by atoms with Gasteiger partial charge in [0.15, 0.2) is 0 Å². The van der Waals surface area contributed by atoms with E-state index >= 15 is 0 Å². The molecule has 0 aliphatic carbocycles. The van der Waals surface area contributed by atoms with Gasteiger partial charge in [0.25, 0.3) is 0 Å². The van der Waals surface area contributed by atoms with Crippen LogP contribution < -0.4 is 11.1 Å². The van der Waals surface area contributed by atoms with Crippen molar-refractivity contribution in [3.63, 3.8) is 0 Å². The van der Waals surface area contributed by atoms with Gasteiger partial charge in [0, 0.05) is 25.2 Å². The second kappa shape index (κ2) is 6.34. The zero-order valence-corrected chi connectivity index (χ0v) is 12.0. The first kappa shape index (κ1) is 15.2. The van der Waals surface area contributed by atoms with Gasteiger partial charge in [0.1, 0.15) is 0 Å². The lowest BCUT2D eigenvalue weighted by atomic mass is 9.97. The molecule has 0 aromatic heterocycles. The van der Waals surface area contributed by atoms with Crippen LogP contribution in [0.25, 0.3) is 0 Å². The van der Waals surface area contributed by atoms with Gasteiger partial charge in [-0.3, -0.25) is 9.69 Å². The fourth-order valence-electron chi connectivity index (χ4n) is 2.19. The minimum atomic E-state index is -0.168. The normalized spacial score (nSPS) is 21.8. The maximum atomic E-state index is 11.2. The number of hydrogen-bond donors (Lipinski definition) is 2. The summed E-state index contributed by atoms with van der Waals surface area (Å²) in [5.74, 6) is -0.153. The van der Waals surface area contributed by atoms with Crippen LogP contribution in [0.1, 0.15) is 33.6 Å². The molecule has 1 amide bonds. The van der Waals surface area contributed by atoms with Crippen molar-refractivity contribution in [3.05, 3.63) is 12.2 Å². The summed E-state index contributed by atoms with van der Waals surface area (Å²) < 4.78 is 0. The van der Waals surface area contributed by atoms with Gasteiger partial charge in [-0.15, -0.1) is 0 Å². The fourth-order valence-corrected chi connectivity index (χ4v) is 2.19. The highest BCUT2D eigenvalue weighted by Crippen LogP contribution is 2.16. The Hall–Kier alpha value is -0.870. The summed E-state index contributed by atoms with van der Waals surface area (Å²) in [7, 11) is 0. The number of nitrogens with two attached hydrogens (primary N) is 1. The third kappa shape index (κ3) is 5.65. The Kier molecular flexibility index (Phi) is 5.35. The van der Waals surface area contributed by atoms with Gasteiger partial charge in [-0.2, -0.15) is 0 Å². The van der Waals surface area contributed by atoms with E-state index in [1.54, 1.807) is 0 Å². The Morgan fingerprint density at radius 1 is 1.50 bits per heavy atom. The number of primary amides is 1. The summed E-state index contributed by atoms with van der Waals surface area (Å²) in [5.41, 5.74) is 6.65. The van der Waals surface area contributed by atoms with Gasteiger partial charge >= 0.3 is 0 Å². The van der Waals surface area contributed by atoms with Gasteiger partial charge in [-0.25, -0.2) is 0 Å². The summed E-state index contributed by atoms with van der Waals surface area (Å²) in [6, 6.07) is 0. The Morgan fingerprint density at radius 2 is 2.17 bits per heavy atom. The molecule has 3 N–H and O–H groups in total.